The molecule has 0 bridgehead atoms. The summed E-state index contributed by atoms with van der Waals surface area (Å²) in [4.78, 5) is 10.0. The molecule has 0 aliphatic heterocycles. The van der Waals surface area contributed by atoms with Gasteiger partial charge in [-0.15, -0.1) is 0 Å². The molecule has 0 aliphatic rings. The molecule has 1 amide bonds. The minimum absolute atomic E-state index is 0.268. The summed E-state index contributed by atoms with van der Waals surface area (Å²) in [6.45, 7) is 1.63. The van der Waals surface area contributed by atoms with Gasteiger partial charge in [-0.1, -0.05) is 13.3 Å². The van der Waals surface area contributed by atoms with Crippen LogP contribution in [0, 0.1) is 0 Å². The smallest absolute Gasteiger partial charge is 0.256 e. The fourth-order valence-corrected chi connectivity index (χ4v) is 0.709. The maximum atomic E-state index is 12.4. The molecule has 60 valence electrons. The Labute approximate surface area is 58.4 Å². The molecule has 0 spiro atoms. The van der Waals surface area contributed by atoms with E-state index in [0.29, 0.717) is 6.42 Å². The molecule has 0 aromatic heterocycles. The van der Waals surface area contributed by atoms with E-state index in [9.17, 15) is 13.6 Å². The largest absolute Gasteiger partial charge is 0.369 e. The van der Waals surface area contributed by atoms with Crippen LogP contribution in [0.5, 0.6) is 0 Å². The molecule has 2 N–H and O–H groups in total. The van der Waals surface area contributed by atoms with Crippen molar-refractivity contribution >= 4 is 5.91 Å². The Hall–Kier alpha value is -0.670. The third-order valence-electron chi connectivity index (χ3n) is 1.05. The molecule has 0 heterocycles. The van der Waals surface area contributed by atoms with Crippen molar-refractivity contribution in [2.45, 2.75) is 32.1 Å². The van der Waals surface area contributed by atoms with Crippen molar-refractivity contribution in [3.05, 3.63) is 0 Å². The summed E-state index contributed by atoms with van der Waals surface area (Å²) in [5.74, 6) is -3.85. The van der Waals surface area contributed by atoms with Crippen molar-refractivity contribution in [3.63, 3.8) is 0 Å². The van der Waals surface area contributed by atoms with E-state index in [4.69, 9.17) is 0 Å². The Morgan fingerprint density at radius 3 is 2.40 bits per heavy atom. The van der Waals surface area contributed by atoms with Crippen LogP contribution in [0.25, 0.3) is 0 Å². The Balaban J connectivity index is 3.74. The number of alkyl halides is 2. The molecule has 0 fully saturated rings. The highest BCUT2D eigenvalue weighted by Crippen LogP contribution is 2.23. The Kier molecular flexibility index (Phi) is 3.25. The predicted octanol–water partition coefficient (Wildman–Crippen LogP) is 1.30. The first-order chi connectivity index (χ1) is 4.48. The van der Waals surface area contributed by atoms with Gasteiger partial charge in [0.2, 0.25) is 5.91 Å². The summed E-state index contributed by atoms with van der Waals surface area (Å²) in [7, 11) is 0. The predicted molar refractivity (Wildman–Crippen MR) is 33.7 cm³/mol. The van der Waals surface area contributed by atoms with Gasteiger partial charge in [-0.3, -0.25) is 4.79 Å². The molecule has 0 aromatic rings. The summed E-state index contributed by atoms with van der Waals surface area (Å²) < 4.78 is 24.7. The lowest BCUT2D eigenvalue weighted by atomic mass is 10.1. The van der Waals surface area contributed by atoms with Crippen molar-refractivity contribution in [2.75, 3.05) is 0 Å². The van der Waals surface area contributed by atoms with Gasteiger partial charge in [-0.2, -0.15) is 0 Å². The van der Waals surface area contributed by atoms with Crippen LogP contribution in [-0.4, -0.2) is 11.8 Å². The first-order valence-corrected chi connectivity index (χ1v) is 3.14. The fraction of sp³-hybridized carbons (Fsp3) is 0.833. The lowest BCUT2D eigenvalue weighted by molar-refractivity contribution is -0.125. The first kappa shape index (κ1) is 9.33. The van der Waals surface area contributed by atoms with Gasteiger partial charge in [0.25, 0.3) is 5.92 Å². The molecule has 0 rings (SSSR count). The number of carbonyl (C=O) groups excluding carboxylic acids is 1. The second-order valence-corrected chi connectivity index (χ2v) is 2.25. The second-order valence-electron chi connectivity index (χ2n) is 2.25. The van der Waals surface area contributed by atoms with E-state index in [0.717, 1.165) is 0 Å². The molecule has 0 unspecified atom stereocenters. The van der Waals surface area contributed by atoms with Gasteiger partial charge in [0.1, 0.15) is 0 Å². The van der Waals surface area contributed by atoms with E-state index >= 15 is 0 Å². The van der Waals surface area contributed by atoms with Crippen LogP contribution in [0.4, 0.5) is 8.78 Å². The SMILES string of the molecule is CCCC(F)(F)CC(N)=O. The highest BCUT2D eigenvalue weighted by atomic mass is 19.3. The van der Waals surface area contributed by atoms with E-state index < -0.39 is 18.3 Å². The summed E-state index contributed by atoms with van der Waals surface area (Å²) >= 11 is 0. The van der Waals surface area contributed by atoms with E-state index in [2.05, 4.69) is 5.73 Å². The van der Waals surface area contributed by atoms with Crippen LogP contribution in [0.3, 0.4) is 0 Å². The van der Waals surface area contributed by atoms with Gasteiger partial charge >= 0.3 is 0 Å². The van der Waals surface area contributed by atoms with Crippen molar-refractivity contribution < 1.29 is 13.6 Å². The average molecular weight is 151 g/mol. The molecular formula is C6H11F2NO. The molecule has 2 nitrogen and oxygen atoms in total. The standard InChI is InChI=1S/C6H11F2NO/c1-2-3-6(7,8)4-5(9)10/h2-4H2,1H3,(H2,9,10). The number of hydrogen-bond acceptors (Lipinski definition) is 1. The summed E-state index contributed by atoms with van der Waals surface area (Å²) in [6.07, 6.45) is -0.739. The highest BCUT2D eigenvalue weighted by Gasteiger charge is 2.29. The molecular weight excluding hydrogens is 140 g/mol. The van der Waals surface area contributed by atoms with Crippen molar-refractivity contribution in [1.29, 1.82) is 0 Å². The average Bonchev–Trinajstić information content (AvgIpc) is 1.59. The number of halogens is 2. The van der Waals surface area contributed by atoms with Crippen LogP contribution >= 0.6 is 0 Å². The summed E-state index contributed by atoms with van der Waals surface area (Å²) in [5.41, 5.74) is 4.59. The number of amides is 1. The number of rotatable bonds is 4. The second kappa shape index (κ2) is 3.49. The normalized spacial score (nSPS) is 11.5. The quantitative estimate of drug-likeness (QED) is 0.646. The van der Waals surface area contributed by atoms with Gasteiger partial charge in [-0.25, -0.2) is 8.78 Å². The number of primary amides is 1. The topological polar surface area (TPSA) is 43.1 Å². The van der Waals surface area contributed by atoms with Gasteiger partial charge in [0.15, 0.2) is 0 Å². The maximum Gasteiger partial charge on any atom is 0.256 e. The van der Waals surface area contributed by atoms with Crippen LogP contribution in [0.1, 0.15) is 26.2 Å². The van der Waals surface area contributed by atoms with E-state index in [1.165, 1.54) is 0 Å². The molecule has 0 radical (unpaired) electrons. The summed E-state index contributed by atoms with van der Waals surface area (Å²) in [6, 6.07) is 0. The van der Waals surface area contributed by atoms with Crippen LogP contribution in [0.15, 0.2) is 0 Å². The van der Waals surface area contributed by atoms with Gasteiger partial charge < -0.3 is 5.73 Å². The maximum absolute atomic E-state index is 12.4. The monoisotopic (exact) mass is 151 g/mol. The molecule has 0 aliphatic carbocycles. The van der Waals surface area contributed by atoms with Crippen LogP contribution < -0.4 is 5.73 Å². The molecule has 0 saturated carbocycles. The van der Waals surface area contributed by atoms with Gasteiger partial charge in [-0.05, 0) is 0 Å². The van der Waals surface area contributed by atoms with Crippen molar-refractivity contribution in [1.82, 2.24) is 0 Å². The Bertz CT molecular complexity index is 125. The van der Waals surface area contributed by atoms with Crippen LogP contribution in [0.2, 0.25) is 0 Å². The molecule has 0 aromatic carbocycles. The lowest BCUT2D eigenvalue weighted by Gasteiger charge is -2.11. The number of nitrogens with two attached hydrogens (primary N) is 1. The lowest BCUT2D eigenvalue weighted by Crippen LogP contribution is -2.25. The van der Waals surface area contributed by atoms with E-state index in [-0.39, 0.29) is 6.42 Å². The third kappa shape index (κ3) is 4.23. The first-order valence-electron chi connectivity index (χ1n) is 3.14. The van der Waals surface area contributed by atoms with E-state index in [1.807, 2.05) is 0 Å². The minimum atomic E-state index is -2.90. The Morgan fingerprint density at radius 1 is 1.60 bits per heavy atom. The fourth-order valence-electron chi connectivity index (χ4n) is 0.709. The minimum Gasteiger partial charge on any atom is -0.369 e. The molecule has 0 saturated heterocycles. The van der Waals surface area contributed by atoms with Gasteiger partial charge in [0, 0.05) is 6.42 Å². The Morgan fingerprint density at radius 2 is 2.10 bits per heavy atom. The molecule has 10 heavy (non-hydrogen) atoms. The van der Waals surface area contributed by atoms with E-state index in [1.54, 1.807) is 6.92 Å². The highest BCUT2D eigenvalue weighted by molar-refractivity contribution is 5.74. The zero-order valence-electron chi connectivity index (χ0n) is 5.86. The molecule has 4 heteroatoms. The van der Waals surface area contributed by atoms with Gasteiger partial charge in [0.05, 0.1) is 6.42 Å². The number of carbonyl (C=O) groups is 1. The van der Waals surface area contributed by atoms with Crippen molar-refractivity contribution in [2.24, 2.45) is 5.73 Å². The zero-order chi connectivity index (χ0) is 8.20. The zero-order valence-corrected chi connectivity index (χ0v) is 5.86. The summed E-state index contributed by atoms with van der Waals surface area (Å²) in [5, 5.41) is 0. The van der Waals surface area contributed by atoms with Crippen molar-refractivity contribution in [3.8, 4) is 0 Å². The third-order valence-corrected chi connectivity index (χ3v) is 1.05. The molecule has 0 atom stereocenters. The van der Waals surface area contributed by atoms with Crippen LogP contribution in [-0.2, 0) is 4.79 Å². The number of hydrogen-bond donors (Lipinski definition) is 1.